The lowest BCUT2D eigenvalue weighted by molar-refractivity contribution is 0.232. The van der Waals surface area contributed by atoms with Crippen LogP contribution in [0, 0.1) is 5.92 Å². The van der Waals surface area contributed by atoms with Crippen molar-refractivity contribution in [2.45, 2.75) is 51.0 Å². The maximum atomic E-state index is 4.36. The van der Waals surface area contributed by atoms with E-state index in [1.54, 1.807) is 0 Å². The van der Waals surface area contributed by atoms with E-state index in [-0.39, 0.29) is 0 Å². The molecule has 1 saturated heterocycles. The molecular formula is C18H35N5. The fraction of sp³-hybridized carbons (Fsp3) is 0.944. The number of guanidine groups is 1. The van der Waals surface area contributed by atoms with Gasteiger partial charge in [0.2, 0.25) is 0 Å². The van der Waals surface area contributed by atoms with Gasteiger partial charge in [-0.2, -0.15) is 0 Å². The van der Waals surface area contributed by atoms with Gasteiger partial charge < -0.3 is 15.5 Å². The lowest BCUT2D eigenvalue weighted by atomic mass is 10.1. The second-order valence-electron chi connectivity index (χ2n) is 7.50. The molecule has 2 saturated carbocycles. The van der Waals surface area contributed by atoms with Crippen molar-refractivity contribution in [3.05, 3.63) is 0 Å². The summed E-state index contributed by atoms with van der Waals surface area (Å²) in [7, 11) is 1.87. The molecule has 5 heteroatoms. The highest BCUT2D eigenvalue weighted by Gasteiger charge is 2.33. The molecule has 0 aromatic carbocycles. The van der Waals surface area contributed by atoms with Gasteiger partial charge in [0.05, 0.1) is 0 Å². The summed E-state index contributed by atoms with van der Waals surface area (Å²) < 4.78 is 0. The zero-order valence-corrected chi connectivity index (χ0v) is 14.9. The Morgan fingerprint density at radius 3 is 2.43 bits per heavy atom. The summed E-state index contributed by atoms with van der Waals surface area (Å²) >= 11 is 0. The van der Waals surface area contributed by atoms with Gasteiger partial charge in [0.1, 0.15) is 0 Å². The van der Waals surface area contributed by atoms with E-state index in [2.05, 4.69) is 25.4 Å². The number of nitrogens with zero attached hydrogens (tertiary/aromatic N) is 3. The van der Waals surface area contributed by atoms with Crippen LogP contribution in [-0.4, -0.2) is 74.7 Å². The SMILES string of the molecule is CN=C(NCCN1CCCCC1)NCCN(CC1CC1)C1CC1. The van der Waals surface area contributed by atoms with Crippen LogP contribution in [0.15, 0.2) is 4.99 Å². The highest BCUT2D eigenvalue weighted by molar-refractivity contribution is 5.79. The number of likely N-dealkylation sites (tertiary alicyclic amines) is 1. The smallest absolute Gasteiger partial charge is 0.191 e. The minimum atomic E-state index is 0.881. The van der Waals surface area contributed by atoms with Gasteiger partial charge in [-0.3, -0.25) is 9.89 Å². The molecule has 5 nitrogen and oxygen atoms in total. The van der Waals surface area contributed by atoms with Crippen LogP contribution < -0.4 is 10.6 Å². The predicted molar refractivity (Wildman–Crippen MR) is 97.0 cm³/mol. The second-order valence-corrected chi connectivity index (χ2v) is 7.50. The first-order valence-electron chi connectivity index (χ1n) is 9.76. The van der Waals surface area contributed by atoms with Gasteiger partial charge >= 0.3 is 0 Å². The van der Waals surface area contributed by atoms with Crippen LogP contribution in [0.4, 0.5) is 0 Å². The second kappa shape index (κ2) is 8.88. The summed E-state index contributed by atoms with van der Waals surface area (Å²) in [5, 5.41) is 6.96. The minimum absolute atomic E-state index is 0.881. The summed E-state index contributed by atoms with van der Waals surface area (Å²) in [5.74, 6) is 1.96. The number of aliphatic imine (C=N–C) groups is 1. The van der Waals surface area contributed by atoms with Crippen molar-refractivity contribution < 1.29 is 0 Å². The normalized spacial score (nSPS) is 23.3. The standard InChI is InChI=1S/C18H35N5/c1-19-18(20-9-13-22-11-3-2-4-12-22)21-10-14-23(17-7-8-17)15-16-5-6-16/h16-17H,2-15H2,1H3,(H2,19,20,21). The number of hydrogen-bond donors (Lipinski definition) is 2. The zero-order valence-electron chi connectivity index (χ0n) is 14.9. The monoisotopic (exact) mass is 321 g/mol. The van der Waals surface area contributed by atoms with Crippen molar-refractivity contribution in [1.82, 2.24) is 20.4 Å². The first-order valence-corrected chi connectivity index (χ1v) is 9.76. The minimum Gasteiger partial charge on any atom is -0.355 e. The Morgan fingerprint density at radius 2 is 1.78 bits per heavy atom. The highest BCUT2D eigenvalue weighted by atomic mass is 15.2. The van der Waals surface area contributed by atoms with Gasteiger partial charge in [0, 0.05) is 45.8 Å². The van der Waals surface area contributed by atoms with Crippen molar-refractivity contribution in [3.63, 3.8) is 0 Å². The molecule has 0 aromatic rings. The van der Waals surface area contributed by atoms with Crippen molar-refractivity contribution in [2.24, 2.45) is 10.9 Å². The first kappa shape index (κ1) is 17.0. The number of piperidine rings is 1. The van der Waals surface area contributed by atoms with Gasteiger partial charge in [0.25, 0.3) is 0 Å². The highest BCUT2D eigenvalue weighted by Crippen LogP contribution is 2.34. The number of nitrogens with one attached hydrogen (secondary N) is 2. The lowest BCUT2D eigenvalue weighted by Gasteiger charge is -2.27. The van der Waals surface area contributed by atoms with Crippen molar-refractivity contribution in [2.75, 3.05) is 52.9 Å². The Balaban J connectivity index is 1.27. The van der Waals surface area contributed by atoms with Gasteiger partial charge in [-0.25, -0.2) is 0 Å². The largest absolute Gasteiger partial charge is 0.355 e. The van der Waals surface area contributed by atoms with E-state index in [4.69, 9.17) is 0 Å². The summed E-state index contributed by atoms with van der Waals surface area (Å²) in [6, 6.07) is 0.881. The molecule has 3 aliphatic rings. The Labute approximate surface area is 141 Å². The van der Waals surface area contributed by atoms with Crippen molar-refractivity contribution in [1.29, 1.82) is 0 Å². The average Bonchev–Trinajstić information content (AvgIpc) is 3.47. The maximum absolute atomic E-state index is 4.36. The van der Waals surface area contributed by atoms with Gasteiger partial charge in [0.15, 0.2) is 5.96 Å². The predicted octanol–water partition coefficient (Wildman–Crippen LogP) is 1.51. The van der Waals surface area contributed by atoms with Gasteiger partial charge in [-0.1, -0.05) is 6.42 Å². The molecule has 23 heavy (non-hydrogen) atoms. The van der Waals surface area contributed by atoms with E-state index in [0.29, 0.717) is 0 Å². The van der Waals surface area contributed by atoms with Crippen LogP contribution in [0.25, 0.3) is 0 Å². The summed E-state index contributed by atoms with van der Waals surface area (Å²) in [6.07, 6.45) is 9.87. The third-order valence-electron chi connectivity index (χ3n) is 5.34. The van der Waals surface area contributed by atoms with Crippen molar-refractivity contribution >= 4 is 5.96 Å². The molecule has 2 N–H and O–H groups in total. The van der Waals surface area contributed by atoms with Crippen LogP contribution in [0.5, 0.6) is 0 Å². The Kier molecular flexibility index (Phi) is 6.57. The molecule has 0 bridgehead atoms. The van der Waals surface area contributed by atoms with Crippen LogP contribution in [0.2, 0.25) is 0 Å². The molecule has 0 radical (unpaired) electrons. The fourth-order valence-electron chi connectivity index (χ4n) is 3.55. The molecule has 2 aliphatic carbocycles. The molecule has 0 spiro atoms. The molecule has 3 fully saturated rings. The fourth-order valence-corrected chi connectivity index (χ4v) is 3.55. The molecule has 0 unspecified atom stereocenters. The maximum Gasteiger partial charge on any atom is 0.191 e. The van der Waals surface area contributed by atoms with E-state index in [1.807, 2.05) is 7.05 Å². The Bertz CT molecular complexity index is 370. The van der Waals surface area contributed by atoms with Crippen molar-refractivity contribution in [3.8, 4) is 0 Å². The molecule has 3 rings (SSSR count). The summed E-state index contributed by atoms with van der Waals surface area (Å²) in [4.78, 5) is 9.62. The van der Waals surface area contributed by atoms with E-state index in [9.17, 15) is 0 Å². The molecule has 0 amide bonds. The summed E-state index contributed by atoms with van der Waals surface area (Å²) in [5.41, 5.74) is 0. The summed E-state index contributed by atoms with van der Waals surface area (Å²) in [6.45, 7) is 8.16. The molecule has 1 heterocycles. The van der Waals surface area contributed by atoms with Gasteiger partial charge in [-0.15, -0.1) is 0 Å². The molecule has 1 aliphatic heterocycles. The lowest BCUT2D eigenvalue weighted by Crippen LogP contribution is -2.45. The topological polar surface area (TPSA) is 42.9 Å². The Hall–Kier alpha value is -0.810. The Morgan fingerprint density at radius 1 is 1.04 bits per heavy atom. The van der Waals surface area contributed by atoms with E-state index in [1.165, 1.54) is 64.6 Å². The first-order chi connectivity index (χ1) is 11.3. The van der Waals surface area contributed by atoms with Crippen LogP contribution >= 0.6 is 0 Å². The van der Waals surface area contributed by atoms with E-state index >= 15 is 0 Å². The third-order valence-corrected chi connectivity index (χ3v) is 5.34. The average molecular weight is 322 g/mol. The van der Waals surface area contributed by atoms with Crippen LogP contribution in [0.1, 0.15) is 44.9 Å². The molecule has 0 aromatic heterocycles. The number of hydrogen-bond acceptors (Lipinski definition) is 3. The van der Waals surface area contributed by atoms with Crippen LogP contribution in [-0.2, 0) is 0 Å². The quantitative estimate of drug-likeness (QED) is 0.499. The van der Waals surface area contributed by atoms with Gasteiger partial charge in [-0.05, 0) is 57.5 Å². The third kappa shape index (κ3) is 6.30. The molecular weight excluding hydrogens is 286 g/mol. The molecule has 0 atom stereocenters. The van der Waals surface area contributed by atoms with E-state index in [0.717, 1.165) is 44.1 Å². The molecule has 132 valence electrons. The number of rotatable bonds is 9. The van der Waals surface area contributed by atoms with E-state index < -0.39 is 0 Å². The zero-order chi connectivity index (χ0) is 15.9. The van der Waals surface area contributed by atoms with Crippen LogP contribution in [0.3, 0.4) is 0 Å².